The minimum atomic E-state index is -0.907. The van der Waals surface area contributed by atoms with Crippen molar-refractivity contribution in [3.8, 4) is 23.3 Å². The summed E-state index contributed by atoms with van der Waals surface area (Å²) >= 11 is 0. The summed E-state index contributed by atoms with van der Waals surface area (Å²) in [6.07, 6.45) is 0.279. The zero-order valence-corrected chi connectivity index (χ0v) is 15.9. The first-order valence-corrected chi connectivity index (χ1v) is 8.70. The Labute approximate surface area is 162 Å². The van der Waals surface area contributed by atoms with Gasteiger partial charge in [0.05, 0.1) is 16.8 Å². The van der Waals surface area contributed by atoms with Crippen molar-refractivity contribution in [1.29, 1.82) is 0 Å². The number of nitrogen functional groups attached to an aromatic ring is 1. The molecule has 0 aliphatic rings. The van der Waals surface area contributed by atoms with Crippen molar-refractivity contribution in [1.82, 2.24) is 9.55 Å². The first kappa shape index (κ1) is 19.3. The van der Waals surface area contributed by atoms with Crippen LogP contribution >= 0.6 is 0 Å². The molecule has 0 saturated carbocycles. The standard InChI is InChI=1S/C21H22N4O3/c1-12-6-8-14(26)11-16(12)25-15-9-7-13(5-4-10-21(2,3)28)24-18(15)17(19(25)22)20(23)27/h6-9,11,26,28H,10,22H2,1-3H3,(H2,23,27). The zero-order valence-electron chi connectivity index (χ0n) is 15.9. The normalized spacial score (nSPS) is 11.3. The van der Waals surface area contributed by atoms with Crippen LogP contribution in [0.15, 0.2) is 30.3 Å². The van der Waals surface area contributed by atoms with Crippen molar-refractivity contribution in [2.75, 3.05) is 5.73 Å². The second-order valence-corrected chi connectivity index (χ2v) is 7.29. The largest absolute Gasteiger partial charge is 0.508 e. The van der Waals surface area contributed by atoms with E-state index in [0.717, 1.165) is 5.56 Å². The molecule has 1 aromatic carbocycles. The van der Waals surface area contributed by atoms with E-state index >= 15 is 0 Å². The average molecular weight is 378 g/mol. The van der Waals surface area contributed by atoms with Crippen LogP contribution in [-0.4, -0.2) is 31.3 Å². The number of aromatic nitrogens is 2. The quantitative estimate of drug-likeness (QED) is 0.520. The Morgan fingerprint density at radius 3 is 2.64 bits per heavy atom. The highest BCUT2D eigenvalue weighted by molar-refractivity contribution is 6.10. The maximum Gasteiger partial charge on any atom is 0.254 e. The summed E-state index contributed by atoms with van der Waals surface area (Å²) in [5.41, 5.74) is 13.8. The van der Waals surface area contributed by atoms with Gasteiger partial charge in [-0.25, -0.2) is 4.98 Å². The number of hydrogen-bond donors (Lipinski definition) is 4. The third kappa shape index (κ3) is 3.63. The van der Waals surface area contributed by atoms with Crippen LogP contribution in [0.25, 0.3) is 16.7 Å². The van der Waals surface area contributed by atoms with Gasteiger partial charge in [-0.3, -0.25) is 9.36 Å². The number of carbonyl (C=O) groups is 1. The minimum Gasteiger partial charge on any atom is -0.508 e. The van der Waals surface area contributed by atoms with Crippen molar-refractivity contribution >= 4 is 22.8 Å². The molecule has 2 aromatic heterocycles. The monoisotopic (exact) mass is 378 g/mol. The van der Waals surface area contributed by atoms with Crippen molar-refractivity contribution in [3.05, 3.63) is 47.2 Å². The van der Waals surface area contributed by atoms with Crippen molar-refractivity contribution in [3.63, 3.8) is 0 Å². The van der Waals surface area contributed by atoms with Gasteiger partial charge in [0.15, 0.2) is 0 Å². The Hall–Kier alpha value is -3.50. The van der Waals surface area contributed by atoms with E-state index in [1.165, 1.54) is 0 Å². The molecule has 0 unspecified atom stereocenters. The lowest BCUT2D eigenvalue weighted by Crippen LogP contribution is -2.16. The van der Waals surface area contributed by atoms with E-state index < -0.39 is 11.5 Å². The van der Waals surface area contributed by atoms with Crippen molar-refractivity contribution in [2.45, 2.75) is 32.8 Å². The Balaban J connectivity index is 2.24. The molecule has 0 bridgehead atoms. The van der Waals surface area contributed by atoms with Crippen molar-refractivity contribution in [2.24, 2.45) is 5.73 Å². The third-order valence-corrected chi connectivity index (χ3v) is 4.27. The fourth-order valence-electron chi connectivity index (χ4n) is 2.94. The van der Waals surface area contributed by atoms with Crippen molar-refractivity contribution < 1.29 is 15.0 Å². The highest BCUT2D eigenvalue weighted by atomic mass is 16.3. The van der Waals surface area contributed by atoms with Crippen LogP contribution in [0.4, 0.5) is 5.82 Å². The number of primary amides is 1. The van der Waals surface area contributed by atoms with E-state index in [2.05, 4.69) is 16.8 Å². The van der Waals surface area contributed by atoms with E-state index in [4.69, 9.17) is 11.5 Å². The van der Waals surface area contributed by atoms with Crippen LogP contribution in [0.3, 0.4) is 0 Å². The van der Waals surface area contributed by atoms with Gasteiger partial charge in [0.1, 0.15) is 28.3 Å². The number of pyridine rings is 1. The number of hydrogen-bond acceptors (Lipinski definition) is 5. The van der Waals surface area contributed by atoms with Gasteiger partial charge < -0.3 is 21.7 Å². The molecular weight excluding hydrogens is 356 g/mol. The SMILES string of the molecule is Cc1ccc(O)cc1-n1c(N)c(C(N)=O)c2nc(C#CCC(C)(C)O)ccc21. The van der Waals surface area contributed by atoms with Gasteiger partial charge in [0.2, 0.25) is 0 Å². The number of aromatic hydroxyl groups is 1. The van der Waals surface area contributed by atoms with Gasteiger partial charge in [-0.2, -0.15) is 0 Å². The number of phenols is 1. The summed E-state index contributed by atoms with van der Waals surface area (Å²) < 4.78 is 1.64. The lowest BCUT2D eigenvalue weighted by Gasteiger charge is -2.12. The van der Waals surface area contributed by atoms with Crippen LogP contribution < -0.4 is 11.5 Å². The van der Waals surface area contributed by atoms with E-state index in [0.29, 0.717) is 22.4 Å². The molecule has 0 aliphatic carbocycles. The number of aryl methyl sites for hydroxylation is 1. The Morgan fingerprint density at radius 2 is 2.00 bits per heavy atom. The lowest BCUT2D eigenvalue weighted by molar-refractivity contribution is 0.0862. The fraction of sp³-hybridized carbons (Fsp3) is 0.238. The number of aliphatic hydroxyl groups is 1. The molecule has 0 spiro atoms. The Morgan fingerprint density at radius 1 is 1.29 bits per heavy atom. The number of phenolic OH excluding ortho intramolecular Hbond substituents is 1. The minimum absolute atomic E-state index is 0.0736. The molecule has 0 saturated heterocycles. The first-order valence-electron chi connectivity index (χ1n) is 8.70. The number of carbonyl (C=O) groups excluding carboxylic acids is 1. The van der Waals surface area contributed by atoms with Crippen LogP contribution in [0, 0.1) is 18.8 Å². The number of nitrogens with zero attached hydrogens (tertiary/aromatic N) is 2. The second-order valence-electron chi connectivity index (χ2n) is 7.29. The Kier molecular flexibility index (Phi) is 4.75. The average Bonchev–Trinajstić information content (AvgIpc) is 2.87. The van der Waals surface area contributed by atoms with Crippen LogP contribution in [0.1, 0.15) is 41.9 Å². The molecule has 7 heteroatoms. The number of nitrogens with two attached hydrogens (primary N) is 2. The predicted molar refractivity (Wildman–Crippen MR) is 108 cm³/mol. The number of amides is 1. The summed E-state index contributed by atoms with van der Waals surface area (Å²) in [5.74, 6) is 5.28. The van der Waals surface area contributed by atoms with E-state index in [9.17, 15) is 15.0 Å². The number of fused-ring (bicyclic) bond motifs is 1. The molecule has 7 nitrogen and oxygen atoms in total. The molecule has 3 aromatic rings. The molecule has 0 radical (unpaired) electrons. The first-order chi connectivity index (χ1) is 13.1. The maximum absolute atomic E-state index is 12.1. The smallest absolute Gasteiger partial charge is 0.254 e. The van der Waals surface area contributed by atoms with Crippen LogP contribution in [0.5, 0.6) is 5.75 Å². The zero-order chi connectivity index (χ0) is 20.6. The second kappa shape index (κ2) is 6.91. The number of rotatable bonds is 3. The molecule has 6 N–H and O–H groups in total. The van der Waals surface area contributed by atoms with E-state index in [1.54, 1.807) is 48.7 Å². The molecule has 144 valence electrons. The summed E-state index contributed by atoms with van der Waals surface area (Å²) in [5, 5.41) is 19.7. The Bertz CT molecular complexity index is 1140. The molecule has 28 heavy (non-hydrogen) atoms. The van der Waals surface area contributed by atoms with Gasteiger partial charge in [0.25, 0.3) is 5.91 Å². The highest BCUT2D eigenvalue weighted by Gasteiger charge is 2.22. The van der Waals surface area contributed by atoms with E-state index in [1.807, 2.05) is 6.92 Å². The molecule has 3 rings (SSSR count). The topological polar surface area (TPSA) is 127 Å². The van der Waals surface area contributed by atoms with Crippen LogP contribution in [0.2, 0.25) is 0 Å². The maximum atomic E-state index is 12.1. The van der Waals surface area contributed by atoms with Gasteiger partial charge in [-0.1, -0.05) is 12.0 Å². The highest BCUT2D eigenvalue weighted by Crippen LogP contribution is 2.33. The molecule has 0 fully saturated rings. The van der Waals surface area contributed by atoms with E-state index in [-0.39, 0.29) is 23.6 Å². The summed E-state index contributed by atoms with van der Waals surface area (Å²) in [6.45, 7) is 5.21. The lowest BCUT2D eigenvalue weighted by atomic mass is 10.1. The third-order valence-electron chi connectivity index (χ3n) is 4.27. The number of anilines is 1. The van der Waals surface area contributed by atoms with Gasteiger partial charge in [-0.05, 0) is 50.5 Å². The fourth-order valence-corrected chi connectivity index (χ4v) is 2.94. The molecule has 0 atom stereocenters. The van der Waals surface area contributed by atoms with Gasteiger partial charge >= 0.3 is 0 Å². The van der Waals surface area contributed by atoms with Gasteiger partial charge in [0, 0.05) is 12.5 Å². The molecule has 0 aliphatic heterocycles. The summed E-state index contributed by atoms with van der Waals surface area (Å²) in [7, 11) is 0. The molecule has 1 amide bonds. The molecule has 2 heterocycles. The predicted octanol–water partition coefficient (Wildman–Crippen LogP) is 2.23. The summed E-state index contributed by atoms with van der Waals surface area (Å²) in [4.78, 5) is 16.5. The molecular formula is C21H22N4O3. The number of benzene rings is 1. The summed E-state index contributed by atoms with van der Waals surface area (Å²) in [6, 6.07) is 8.35. The van der Waals surface area contributed by atoms with Gasteiger partial charge in [-0.15, -0.1) is 0 Å². The van der Waals surface area contributed by atoms with Crippen LogP contribution in [-0.2, 0) is 0 Å².